The van der Waals surface area contributed by atoms with Gasteiger partial charge < -0.3 is 55.2 Å². The van der Waals surface area contributed by atoms with Crippen LogP contribution in [-0.2, 0) is 35.1 Å². The molecule has 2 fully saturated rings. The highest BCUT2D eigenvalue weighted by Crippen LogP contribution is 2.51. The fraction of sp³-hybridized carbons (Fsp3) is 0.357. The average Bonchev–Trinajstić information content (AvgIpc) is 3.99. The normalized spacial score (nSPS) is 23.8. The van der Waals surface area contributed by atoms with E-state index in [9.17, 15) is 29.7 Å². The highest BCUT2D eigenvalue weighted by Gasteiger charge is 2.49. The molecule has 338 valence electrons. The molecule has 0 spiro atoms. The van der Waals surface area contributed by atoms with Gasteiger partial charge in [0.1, 0.15) is 47.3 Å². The van der Waals surface area contributed by atoms with Gasteiger partial charge >= 0.3 is 4.87 Å². The zero-order valence-electron chi connectivity index (χ0n) is 34.3. The number of thiazole rings is 1. The van der Waals surface area contributed by atoms with Crippen molar-refractivity contribution in [1.29, 1.82) is 0 Å². The third-order valence-electron chi connectivity index (χ3n) is 10.5. The van der Waals surface area contributed by atoms with Crippen LogP contribution in [0, 0.1) is 11.8 Å². The van der Waals surface area contributed by atoms with Gasteiger partial charge in [0.15, 0.2) is 17.7 Å². The van der Waals surface area contributed by atoms with Gasteiger partial charge in [0, 0.05) is 18.3 Å². The Morgan fingerprint density at radius 2 is 1.56 bits per heavy atom. The smallest absolute Gasteiger partial charge is 0.311 e. The van der Waals surface area contributed by atoms with E-state index in [2.05, 4.69) is 26.5 Å². The van der Waals surface area contributed by atoms with Gasteiger partial charge in [-0.25, -0.2) is 0 Å². The van der Waals surface area contributed by atoms with Crippen molar-refractivity contribution in [2.24, 2.45) is 11.8 Å². The third-order valence-corrected chi connectivity index (χ3v) is 12.5. The number of benzene rings is 2. The number of nitrogens with two attached hydrogens (primary N) is 2. The highest BCUT2D eigenvalue weighted by molar-refractivity contribution is 8.03. The summed E-state index contributed by atoms with van der Waals surface area (Å²) in [5.74, 6) is 0.379. The maximum atomic E-state index is 13.1. The second-order valence-electron chi connectivity index (χ2n) is 14.6. The summed E-state index contributed by atoms with van der Waals surface area (Å²) >= 11 is 2.20. The molecule has 20 nitrogen and oxygen atoms in total. The lowest BCUT2D eigenvalue weighted by Crippen LogP contribution is -2.42. The Morgan fingerprint density at radius 3 is 2.27 bits per heavy atom. The lowest BCUT2D eigenvalue weighted by Gasteiger charge is -2.27. The van der Waals surface area contributed by atoms with E-state index in [4.69, 9.17) is 39.9 Å². The Morgan fingerprint density at radius 1 is 0.875 bits per heavy atom. The van der Waals surface area contributed by atoms with Crippen molar-refractivity contribution in [3.05, 3.63) is 99.1 Å². The topological polar surface area (TPSA) is 279 Å². The van der Waals surface area contributed by atoms with Crippen LogP contribution in [-0.4, -0.2) is 110 Å². The van der Waals surface area contributed by atoms with Gasteiger partial charge in [0.25, 0.3) is 12.9 Å². The molecule has 6 heterocycles. The van der Waals surface area contributed by atoms with E-state index < -0.39 is 43.5 Å². The first-order valence-electron chi connectivity index (χ1n) is 19.9. The van der Waals surface area contributed by atoms with Gasteiger partial charge in [-0.15, -0.1) is 0 Å². The molecule has 7 N–H and O–H groups in total. The molecule has 64 heavy (non-hydrogen) atoms. The molecular weight excluding hydrogens is 873 g/mol. The second kappa shape index (κ2) is 21.0. The van der Waals surface area contributed by atoms with Crippen molar-refractivity contribution in [3.8, 4) is 11.8 Å². The Bertz CT molecular complexity index is 2500. The van der Waals surface area contributed by atoms with Crippen LogP contribution < -0.4 is 30.7 Å². The number of nitrogen functional groups attached to an aromatic ring is 2. The summed E-state index contributed by atoms with van der Waals surface area (Å²) in [5, 5.41) is 30.3. The van der Waals surface area contributed by atoms with Crippen LogP contribution in [0.3, 0.4) is 0 Å². The van der Waals surface area contributed by atoms with Crippen LogP contribution in [0.2, 0.25) is 0 Å². The number of aromatic nitrogens is 5. The number of rotatable bonds is 17. The Hall–Kier alpha value is -6.14. The summed E-state index contributed by atoms with van der Waals surface area (Å²) in [4.78, 5) is 53.2. The number of aliphatic hydroxyl groups is 3. The predicted molar refractivity (Wildman–Crippen MR) is 235 cm³/mol. The fourth-order valence-corrected chi connectivity index (χ4v) is 9.28. The zero-order valence-corrected chi connectivity index (χ0v) is 36.0. The Kier molecular flexibility index (Phi) is 15.1. The van der Waals surface area contributed by atoms with E-state index in [1.807, 2.05) is 79.7 Å². The van der Waals surface area contributed by atoms with Crippen molar-refractivity contribution < 1.29 is 53.3 Å². The maximum Gasteiger partial charge on any atom is 0.311 e. The number of ether oxygens (including phenoxy) is 6. The van der Waals surface area contributed by atoms with E-state index in [-0.39, 0.29) is 54.3 Å². The summed E-state index contributed by atoms with van der Waals surface area (Å²) in [5.41, 5.74) is 14.1. The number of hydrogen-bond donors (Lipinski definition) is 5. The molecule has 8 rings (SSSR count). The lowest BCUT2D eigenvalue weighted by molar-refractivity contribution is -0.131. The van der Waals surface area contributed by atoms with Crippen LogP contribution in [0.5, 0.6) is 11.8 Å². The van der Waals surface area contributed by atoms with Crippen LogP contribution in [0.1, 0.15) is 30.7 Å². The molecule has 0 radical (unpaired) electrons. The SMILES string of the molecule is C=C1Sc2c(OCc3ccccc3)nc(N)nc2N1[C@@H]1O[C@H](CO)[C@@H](O)[C@H]1O.C[C@@H]1[C@H](COC=O)[C@@H](CCOC=O)O[C@H]1n1c(=O)sc2c(OC/C=C/c3ccccc3)nc(N)nc21. The minimum atomic E-state index is -1.26. The van der Waals surface area contributed by atoms with E-state index in [1.165, 1.54) is 21.2 Å². The average molecular weight is 919 g/mol. The minimum Gasteiger partial charge on any atom is -0.472 e. The molecule has 0 unspecified atom stereocenters. The van der Waals surface area contributed by atoms with E-state index in [0.29, 0.717) is 57.9 Å². The molecule has 22 heteroatoms. The molecule has 3 aliphatic rings. The monoisotopic (exact) mass is 918 g/mol. The van der Waals surface area contributed by atoms with Crippen molar-refractivity contribution in [2.45, 2.75) is 61.7 Å². The number of thioether (sulfide) groups is 1. The van der Waals surface area contributed by atoms with Crippen molar-refractivity contribution >= 4 is 70.2 Å². The summed E-state index contributed by atoms with van der Waals surface area (Å²) in [6.45, 7) is 6.93. The first-order valence-corrected chi connectivity index (χ1v) is 21.6. The van der Waals surface area contributed by atoms with Crippen molar-refractivity contribution in [1.82, 2.24) is 24.5 Å². The number of hydrogen-bond acceptors (Lipinski definition) is 21. The van der Waals surface area contributed by atoms with Crippen molar-refractivity contribution in [3.63, 3.8) is 0 Å². The van der Waals surface area contributed by atoms with Crippen molar-refractivity contribution in [2.75, 3.05) is 42.8 Å². The summed E-state index contributed by atoms with van der Waals surface area (Å²) in [6.07, 6.45) is -1.35. The zero-order chi connectivity index (χ0) is 45.3. The van der Waals surface area contributed by atoms with Crippen LogP contribution >= 0.6 is 23.1 Å². The molecular formula is C42H46N8O12S2. The second-order valence-corrected chi connectivity index (χ2v) is 16.6. The Balaban J connectivity index is 0.000000197. The summed E-state index contributed by atoms with van der Waals surface area (Å²) in [6, 6.07) is 19.4. The molecule has 0 amide bonds. The number of aliphatic hydroxyl groups excluding tert-OH is 3. The molecule has 5 aromatic rings. The first kappa shape index (κ1) is 45.9. The lowest BCUT2D eigenvalue weighted by atomic mass is 9.90. The summed E-state index contributed by atoms with van der Waals surface area (Å²) < 4.78 is 35.2. The largest absolute Gasteiger partial charge is 0.472 e. The van der Waals surface area contributed by atoms with Gasteiger partial charge in [-0.05, 0) is 17.2 Å². The number of nitrogens with zero attached hydrogens (tertiary/aromatic N) is 6. The standard InChI is InChI=1S/C24H26N4O7S.C18H20N4O5S/c1-15-17(12-33-14-30)18(9-11-32-13-29)35-22(15)28-20-19(36-24(28)31)21(27-23(25)26-20)34-10-5-8-16-6-3-2-4-7-16;1-9-22(17-13(25)12(24)11(7-23)27-17)15-14(28-9)16(21-18(19)20-15)26-8-10-5-3-2-4-6-10/h2-8,13-15,17-18,22H,9-12H2,1H3,(H2,25,26,27);2-6,11-13,17,23-25H,1,7-8H2,(H2,19,20,21)/b8-5+;/t15-,17+,18-,22-;11-,12-,13-,17-/m11/s1. The van der Waals surface area contributed by atoms with E-state index in [0.717, 1.165) is 22.5 Å². The van der Waals surface area contributed by atoms with Gasteiger partial charge in [-0.1, -0.05) is 103 Å². The van der Waals surface area contributed by atoms with Crippen LogP contribution in [0.15, 0.2) is 88.0 Å². The quantitative estimate of drug-likeness (QED) is 0.0662. The van der Waals surface area contributed by atoms with Gasteiger partial charge in [-0.3, -0.25) is 23.9 Å². The predicted octanol–water partition coefficient (Wildman–Crippen LogP) is 2.87. The van der Waals surface area contributed by atoms with Gasteiger partial charge in [0.05, 0.1) is 31.0 Å². The maximum absolute atomic E-state index is 13.1. The molecule has 2 saturated heterocycles. The summed E-state index contributed by atoms with van der Waals surface area (Å²) in [7, 11) is 0. The molecule has 2 aromatic carbocycles. The number of carbonyl (C=O) groups is 2. The van der Waals surface area contributed by atoms with Gasteiger partial charge in [0.2, 0.25) is 23.7 Å². The molecule has 0 saturated carbocycles. The number of carbonyl (C=O) groups excluding carboxylic acids is 2. The molecule has 3 aliphatic heterocycles. The fourth-order valence-electron chi connectivity index (χ4n) is 7.43. The van der Waals surface area contributed by atoms with E-state index >= 15 is 0 Å². The minimum absolute atomic E-state index is 0.00569. The highest BCUT2D eigenvalue weighted by atomic mass is 32.2. The van der Waals surface area contributed by atoms with E-state index in [1.54, 1.807) is 0 Å². The Labute approximate surface area is 374 Å². The molecule has 0 aliphatic carbocycles. The van der Waals surface area contributed by atoms with Crippen LogP contribution in [0.4, 0.5) is 17.7 Å². The van der Waals surface area contributed by atoms with Gasteiger partial charge in [-0.2, -0.15) is 19.9 Å². The molecule has 8 atom stereocenters. The molecule has 3 aromatic heterocycles. The molecule has 0 bridgehead atoms. The number of fused-ring (bicyclic) bond motifs is 2. The number of anilines is 3. The first-order chi connectivity index (χ1) is 31.0. The van der Waals surface area contributed by atoms with Crippen LogP contribution in [0.25, 0.3) is 16.4 Å². The third kappa shape index (κ3) is 10.1.